The van der Waals surface area contributed by atoms with Crippen molar-refractivity contribution < 1.29 is 18.0 Å². The van der Waals surface area contributed by atoms with E-state index < -0.39 is 23.8 Å². The molecule has 2 rings (SSSR count). The quantitative estimate of drug-likeness (QED) is 0.801. The van der Waals surface area contributed by atoms with E-state index in [0.29, 0.717) is 6.54 Å². The van der Waals surface area contributed by atoms with E-state index in [9.17, 15) is 18.0 Å². The molecule has 25 heavy (non-hydrogen) atoms. The van der Waals surface area contributed by atoms with Gasteiger partial charge in [-0.05, 0) is 49.7 Å². The molecule has 0 saturated carbocycles. The molecule has 0 bridgehead atoms. The minimum absolute atomic E-state index is 0.156. The van der Waals surface area contributed by atoms with Crippen molar-refractivity contribution in [3.05, 3.63) is 33.8 Å². The zero-order valence-corrected chi connectivity index (χ0v) is 15.8. The first-order valence-electron chi connectivity index (χ1n) is 7.71. The molecule has 2 unspecified atom stereocenters. The Morgan fingerprint density at radius 2 is 2.04 bits per heavy atom. The van der Waals surface area contributed by atoms with Gasteiger partial charge in [-0.15, -0.1) is 0 Å². The average Bonchev–Trinajstić information content (AvgIpc) is 3.11. The highest BCUT2D eigenvalue weighted by atomic mass is 79.9. The van der Waals surface area contributed by atoms with Crippen LogP contribution in [-0.4, -0.2) is 25.5 Å². The largest absolute Gasteiger partial charge is 0.436 e. The number of hydrogen-bond donors (Lipinski definition) is 1. The number of amides is 1. The van der Waals surface area contributed by atoms with Gasteiger partial charge in [0.1, 0.15) is 6.04 Å². The lowest BCUT2D eigenvalue weighted by Gasteiger charge is -2.19. The molecular formula is C15H19BrF3N5O. The highest BCUT2D eigenvalue weighted by Gasteiger charge is 2.39. The fourth-order valence-electron chi connectivity index (χ4n) is 2.55. The fraction of sp³-hybridized carbons (Fsp3) is 0.533. The first-order chi connectivity index (χ1) is 11.6. The van der Waals surface area contributed by atoms with Gasteiger partial charge in [0.25, 0.3) is 0 Å². The number of carbonyl (C=O) groups excluding carboxylic acids is 1. The van der Waals surface area contributed by atoms with Crippen molar-refractivity contribution in [1.82, 2.24) is 24.9 Å². The van der Waals surface area contributed by atoms with Gasteiger partial charge in [0.05, 0.1) is 21.9 Å². The zero-order chi connectivity index (χ0) is 18.9. The number of rotatable bonds is 5. The molecular weight excluding hydrogens is 403 g/mol. The van der Waals surface area contributed by atoms with E-state index in [1.807, 2.05) is 6.92 Å². The van der Waals surface area contributed by atoms with Gasteiger partial charge in [-0.3, -0.25) is 14.2 Å². The molecule has 10 heteroatoms. The van der Waals surface area contributed by atoms with Crippen LogP contribution in [0, 0.1) is 6.92 Å². The van der Waals surface area contributed by atoms with Crippen LogP contribution in [0.2, 0.25) is 0 Å². The summed E-state index contributed by atoms with van der Waals surface area (Å²) in [7, 11) is 0. The van der Waals surface area contributed by atoms with Gasteiger partial charge in [-0.2, -0.15) is 23.4 Å². The molecule has 0 aliphatic carbocycles. The predicted molar refractivity (Wildman–Crippen MR) is 88.8 cm³/mol. The zero-order valence-electron chi connectivity index (χ0n) is 14.2. The van der Waals surface area contributed by atoms with Gasteiger partial charge in [-0.25, -0.2) is 0 Å². The van der Waals surface area contributed by atoms with E-state index in [1.165, 1.54) is 13.8 Å². The third kappa shape index (κ3) is 3.88. The van der Waals surface area contributed by atoms with Gasteiger partial charge in [0.2, 0.25) is 5.91 Å². The summed E-state index contributed by atoms with van der Waals surface area (Å²) in [6.07, 6.45) is -2.96. The maximum absolute atomic E-state index is 13.0. The number of alkyl halides is 3. The van der Waals surface area contributed by atoms with Gasteiger partial charge >= 0.3 is 6.18 Å². The number of carbonyl (C=O) groups is 1. The van der Waals surface area contributed by atoms with E-state index in [-0.39, 0.29) is 16.2 Å². The Morgan fingerprint density at radius 3 is 2.56 bits per heavy atom. The van der Waals surface area contributed by atoms with Gasteiger partial charge in [0, 0.05) is 12.7 Å². The van der Waals surface area contributed by atoms with Crippen molar-refractivity contribution in [2.45, 2.75) is 52.5 Å². The second-order valence-electron chi connectivity index (χ2n) is 5.67. The van der Waals surface area contributed by atoms with Crippen LogP contribution in [0.3, 0.4) is 0 Å². The molecule has 0 spiro atoms. The van der Waals surface area contributed by atoms with E-state index >= 15 is 0 Å². The van der Waals surface area contributed by atoms with E-state index in [1.54, 1.807) is 23.9 Å². The number of hydrogen-bond acceptors (Lipinski definition) is 3. The normalized spacial score (nSPS) is 14.4. The Balaban J connectivity index is 2.20. The summed E-state index contributed by atoms with van der Waals surface area (Å²) in [5, 5.41) is 10.5. The van der Waals surface area contributed by atoms with Crippen LogP contribution in [0.25, 0.3) is 0 Å². The van der Waals surface area contributed by atoms with Gasteiger partial charge in [-0.1, -0.05) is 0 Å². The highest BCUT2D eigenvalue weighted by Crippen LogP contribution is 2.36. The standard InChI is InChI=1S/C15H19BrF3N5O/c1-5-23-11(6-7-20-23)8(2)21-14(25)10(4)24-9(3)12(16)13(22-24)15(17,18)19/h6-8,10H,5H2,1-4H3,(H,21,25). The number of aromatic nitrogens is 4. The molecule has 2 aromatic heterocycles. The van der Waals surface area contributed by atoms with Crippen LogP contribution >= 0.6 is 15.9 Å². The summed E-state index contributed by atoms with van der Waals surface area (Å²) in [6.45, 7) is 7.35. The maximum Gasteiger partial charge on any atom is 0.436 e. The minimum atomic E-state index is -4.59. The first-order valence-corrected chi connectivity index (χ1v) is 8.51. The molecule has 2 atom stereocenters. The molecule has 2 heterocycles. The van der Waals surface area contributed by atoms with Crippen molar-refractivity contribution >= 4 is 21.8 Å². The SMILES string of the molecule is CCn1nccc1C(C)NC(=O)C(C)n1nc(C(F)(F)F)c(Br)c1C. The molecule has 0 fully saturated rings. The minimum Gasteiger partial charge on any atom is -0.346 e. The Kier molecular flexibility index (Phi) is 5.60. The maximum atomic E-state index is 13.0. The van der Waals surface area contributed by atoms with E-state index in [0.717, 1.165) is 10.4 Å². The molecule has 0 aliphatic heterocycles. The summed E-state index contributed by atoms with van der Waals surface area (Å²) in [5.41, 5.74) is 0.0142. The Hall–Kier alpha value is -1.84. The monoisotopic (exact) mass is 421 g/mol. The van der Waals surface area contributed by atoms with Crippen molar-refractivity contribution in [2.75, 3.05) is 0 Å². The topological polar surface area (TPSA) is 64.7 Å². The lowest BCUT2D eigenvalue weighted by Crippen LogP contribution is -2.34. The Morgan fingerprint density at radius 1 is 1.40 bits per heavy atom. The first kappa shape index (κ1) is 19.5. The van der Waals surface area contributed by atoms with Crippen molar-refractivity contribution in [3.63, 3.8) is 0 Å². The second kappa shape index (κ2) is 7.19. The molecule has 0 radical (unpaired) electrons. The lowest BCUT2D eigenvalue weighted by atomic mass is 10.2. The van der Waals surface area contributed by atoms with Crippen LogP contribution in [0.5, 0.6) is 0 Å². The van der Waals surface area contributed by atoms with Crippen LogP contribution in [0.1, 0.15) is 49.9 Å². The van der Waals surface area contributed by atoms with Crippen LogP contribution in [0.4, 0.5) is 13.2 Å². The van der Waals surface area contributed by atoms with Crippen molar-refractivity contribution in [1.29, 1.82) is 0 Å². The van der Waals surface area contributed by atoms with Crippen LogP contribution < -0.4 is 5.32 Å². The molecule has 0 aliphatic rings. The molecule has 1 amide bonds. The van der Waals surface area contributed by atoms with Crippen LogP contribution in [0.15, 0.2) is 16.7 Å². The smallest absolute Gasteiger partial charge is 0.346 e. The number of nitrogens with one attached hydrogen (secondary N) is 1. The highest BCUT2D eigenvalue weighted by molar-refractivity contribution is 9.10. The third-order valence-electron chi connectivity index (χ3n) is 3.94. The predicted octanol–water partition coefficient (Wildman–Crippen LogP) is 3.63. The summed E-state index contributed by atoms with van der Waals surface area (Å²) in [4.78, 5) is 12.5. The summed E-state index contributed by atoms with van der Waals surface area (Å²) < 4.78 is 41.6. The molecule has 0 aromatic carbocycles. The third-order valence-corrected chi connectivity index (χ3v) is 4.89. The molecule has 1 N–H and O–H groups in total. The second-order valence-corrected chi connectivity index (χ2v) is 6.46. The number of halogens is 4. The summed E-state index contributed by atoms with van der Waals surface area (Å²) in [5.74, 6) is -0.428. The van der Waals surface area contributed by atoms with Crippen molar-refractivity contribution in [2.24, 2.45) is 0 Å². The van der Waals surface area contributed by atoms with Crippen LogP contribution in [-0.2, 0) is 17.5 Å². The molecule has 2 aromatic rings. The number of nitrogens with zero attached hydrogens (tertiary/aromatic N) is 4. The van der Waals surface area contributed by atoms with Gasteiger partial charge < -0.3 is 5.32 Å². The summed E-state index contributed by atoms with van der Waals surface area (Å²) >= 11 is 2.91. The lowest BCUT2D eigenvalue weighted by molar-refractivity contribution is -0.142. The van der Waals surface area contributed by atoms with E-state index in [2.05, 4.69) is 31.4 Å². The fourth-order valence-corrected chi connectivity index (χ4v) is 3.04. The molecule has 138 valence electrons. The van der Waals surface area contributed by atoms with Gasteiger partial charge in [0.15, 0.2) is 5.69 Å². The van der Waals surface area contributed by atoms with E-state index in [4.69, 9.17) is 0 Å². The molecule has 0 saturated heterocycles. The average molecular weight is 422 g/mol. The van der Waals surface area contributed by atoms with Crippen molar-refractivity contribution in [3.8, 4) is 0 Å². The molecule has 6 nitrogen and oxygen atoms in total. The number of aryl methyl sites for hydroxylation is 1. The summed E-state index contributed by atoms with van der Waals surface area (Å²) in [6, 6.07) is 0.558. The Labute approximate surface area is 151 Å². The Bertz CT molecular complexity index is 768.